The number of benzene rings is 2. The van der Waals surface area contributed by atoms with Crippen LogP contribution in [0, 0.1) is 0 Å². The topological polar surface area (TPSA) is 9.23 Å². The molecule has 0 fully saturated rings. The Balaban J connectivity index is 2.25. The molecule has 1 aliphatic rings. The first-order chi connectivity index (χ1) is 8.77. The molecule has 0 saturated heterocycles. The van der Waals surface area contributed by atoms with Gasteiger partial charge in [-0.3, -0.25) is 0 Å². The zero-order valence-corrected chi connectivity index (χ0v) is 11.3. The van der Waals surface area contributed by atoms with Crippen molar-refractivity contribution < 1.29 is 4.74 Å². The highest BCUT2D eigenvalue weighted by Gasteiger charge is 2.19. The second kappa shape index (κ2) is 4.83. The summed E-state index contributed by atoms with van der Waals surface area (Å²) in [5.41, 5.74) is 3.06. The molecule has 3 rings (SSSR count). The first-order valence-electron chi connectivity index (χ1n) is 5.96. The van der Waals surface area contributed by atoms with Crippen LogP contribution in [0.2, 0.25) is 10.0 Å². The van der Waals surface area contributed by atoms with Crippen molar-refractivity contribution in [3.8, 4) is 16.9 Å². The molecule has 3 heteroatoms. The summed E-state index contributed by atoms with van der Waals surface area (Å²) >= 11 is 12.6. The van der Waals surface area contributed by atoms with Gasteiger partial charge in [0.05, 0.1) is 11.6 Å². The van der Waals surface area contributed by atoms with Gasteiger partial charge in [-0.15, -0.1) is 0 Å². The Labute approximate surface area is 116 Å². The van der Waals surface area contributed by atoms with Crippen molar-refractivity contribution in [2.75, 3.05) is 6.61 Å². The molecule has 1 aliphatic heterocycles. The van der Waals surface area contributed by atoms with E-state index in [-0.39, 0.29) is 0 Å². The number of hydrogen-bond donors (Lipinski definition) is 0. The van der Waals surface area contributed by atoms with Crippen LogP contribution in [-0.4, -0.2) is 6.61 Å². The van der Waals surface area contributed by atoms with Gasteiger partial charge < -0.3 is 4.74 Å². The molecule has 0 radical (unpaired) electrons. The van der Waals surface area contributed by atoms with Gasteiger partial charge in [0.1, 0.15) is 5.75 Å². The normalized spacial score (nSPS) is 13.9. The quantitative estimate of drug-likeness (QED) is 0.715. The first-order valence-corrected chi connectivity index (χ1v) is 6.72. The minimum atomic E-state index is 0.684. The summed E-state index contributed by atoms with van der Waals surface area (Å²) in [6.45, 7) is 0.741. The monoisotopic (exact) mass is 278 g/mol. The molecule has 92 valence electrons. The molecular weight excluding hydrogens is 267 g/mol. The molecule has 0 spiro atoms. The van der Waals surface area contributed by atoms with Gasteiger partial charge in [0.25, 0.3) is 0 Å². The Hall–Kier alpha value is -1.18. The van der Waals surface area contributed by atoms with E-state index in [0.717, 1.165) is 36.3 Å². The maximum absolute atomic E-state index is 6.33. The van der Waals surface area contributed by atoms with Gasteiger partial charge in [-0.05, 0) is 30.5 Å². The molecule has 0 atom stereocenters. The maximum Gasteiger partial charge on any atom is 0.131 e. The molecule has 0 bridgehead atoms. The lowest BCUT2D eigenvalue weighted by Gasteiger charge is -2.21. The first kappa shape index (κ1) is 11.9. The fourth-order valence-corrected chi connectivity index (χ4v) is 2.80. The summed E-state index contributed by atoms with van der Waals surface area (Å²) in [6, 6.07) is 11.7. The minimum absolute atomic E-state index is 0.684. The van der Waals surface area contributed by atoms with Gasteiger partial charge in [-0.1, -0.05) is 47.5 Å². The van der Waals surface area contributed by atoms with Crippen LogP contribution in [-0.2, 0) is 6.42 Å². The van der Waals surface area contributed by atoms with Crippen molar-refractivity contribution >= 4 is 23.2 Å². The van der Waals surface area contributed by atoms with Gasteiger partial charge in [-0.25, -0.2) is 0 Å². The van der Waals surface area contributed by atoms with E-state index in [0.29, 0.717) is 10.0 Å². The summed E-state index contributed by atoms with van der Waals surface area (Å²) < 4.78 is 5.80. The largest absolute Gasteiger partial charge is 0.493 e. The third kappa shape index (κ3) is 1.98. The van der Waals surface area contributed by atoms with E-state index in [1.807, 2.05) is 36.4 Å². The molecule has 2 aromatic rings. The van der Waals surface area contributed by atoms with Crippen molar-refractivity contribution in [1.82, 2.24) is 0 Å². The average Bonchev–Trinajstić information content (AvgIpc) is 2.40. The smallest absolute Gasteiger partial charge is 0.131 e. The van der Waals surface area contributed by atoms with Crippen molar-refractivity contribution in [2.45, 2.75) is 12.8 Å². The van der Waals surface area contributed by atoms with Gasteiger partial charge >= 0.3 is 0 Å². The molecule has 0 N–H and O–H groups in total. The summed E-state index contributed by atoms with van der Waals surface area (Å²) in [5, 5.41) is 1.38. The van der Waals surface area contributed by atoms with Crippen molar-refractivity contribution in [3.05, 3.63) is 52.0 Å². The van der Waals surface area contributed by atoms with Gasteiger partial charge in [0.2, 0.25) is 0 Å². The van der Waals surface area contributed by atoms with Crippen LogP contribution in [0.1, 0.15) is 12.0 Å². The van der Waals surface area contributed by atoms with Crippen LogP contribution >= 0.6 is 23.2 Å². The lowest BCUT2D eigenvalue weighted by Crippen LogP contribution is -2.09. The number of aryl methyl sites for hydroxylation is 1. The van der Waals surface area contributed by atoms with E-state index in [1.165, 1.54) is 5.56 Å². The molecule has 1 nitrogen and oxygen atoms in total. The van der Waals surface area contributed by atoms with E-state index >= 15 is 0 Å². The predicted octanol–water partition coefficient (Wildman–Crippen LogP) is 4.99. The fourth-order valence-electron chi connectivity index (χ4n) is 2.32. The summed E-state index contributed by atoms with van der Waals surface area (Å²) in [6.07, 6.45) is 2.08. The van der Waals surface area contributed by atoms with Crippen LogP contribution in [0.25, 0.3) is 11.1 Å². The van der Waals surface area contributed by atoms with Crippen LogP contribution in [0.15, 0.2) is 36.4 Å². The molecule has 0 unspecified atom stereocenters. The van der Waals surface area contributed by atoms with E-state index in [1.54, 1.807) is 0 Å². The third-order valence-corrected chi connectivity index (χ3v) is 3.81. The number of hydrogen-bond acceptors (Lipinski definition) is 1. The maximum atomic E-state index is 6.33. The lowest BCUT2D eigenvalue weighted by atomic mass is 9.97. The second-order valence-corrected chi connectivity index (χ2v) is 5.16. The van der Waals surface area contributed by atoms with E-state index in [9.17, 15) is 0 Å². The molecule has 0 aliphatic carbocycles. The third-order valence-electron chi connectivity index (χ3n) is 3.17. The number of ether oxygens (including phenoxy) is 1. The summed E-state index contributed by atoms with van der Waals surface area (Å²) in [4.78, 5) is 0. The van der Waals surface area contributed by atoms with Gasteiger partial charge in [-0.2, -0.15) is 0 Å². The fraction of sp³-hybridized carbons (Fsp3) is 0.200. The highest BCUT2D eigenvalue weighted by atomic mass is 35.5. The Kier molecular flexibility index (Phi) is 3.19. The SMILES string of the molecule is Clc1ccccc1-c1c(Cl)ccc2c1OCCC2. The van der Waals surface area contributed by atoms with Crippen LogP contribution in [0.3, 0.4) is 0 Å². The Morgan fingerprint density at radius 3 is 2.61 bits per heavy atom. The number of rotatable bonds is 1. The summed E-state index contributed by atoms with van der Waals surface area (Å²) in [7, 11) is 0. The van der Waals surface area contributed by atoms with Crippen molar-refractivity contribution in [1.29, 1.82) is 0 Å². The predicted molar refractivity (Wildman–Crippen MR) is 75.7 cm³/mol. The number of halogens is 2. The average molecular weight is 279 g/mol. The minimum Gasteiger partial charge on any atom is -0.493 e. The molecular formula is C15H12Cl2O. The van der Waals surface area contributed by atoms with Crippen LogP contribution in [0.5, 0.6) is 5.75 Å². The number of fused-ring (bicyclic) bond motifs is 1. The Morgan fingerprint density at radius 2 is 1.78 bits per heavy atom. The second-order valence-electron chi connectivity index (χ2n) is 4.34. The lowest BCUT2D eigenvalue weighted by molar-refractivity contribution is 0.289. The van der Waals surface area contributed by atoms with E-state index in [4.69, 9.17) is 27.9 Å². The Bertz CT molecular complexity index is 593. The van der Waals surface area contributed by atoms with Crippen LogP contribution in [0.4, 0.5) is 0 Å². The zero-order valence-electron chi connectivity index (χ0n) is 9.75. The molecule has 0 saturated carbocycles. The molecule has 2 aromatic carbocycles. The summed E-state index contributed by atoms with van der Waals surface area (Å²) in [5.74, 6) is 0.891. The van der Waals surface area contributed by atoms with E-state index < -0.39 is 0 Å². The molecule has 0 amide bonds. The van der Waals surface area contributed by atoms with Crippen LogP contribution < -0.4 is 4.74 Å². The molecule has 1 heterocycles. The van der Waals surface area contributed by atoms with E-state index in [2.05, 4.69) is 0 Å². The molecule has 18 heavy (non-hydrogen) atoms. The zero-order chi connectivity index (χ0) is 12.5. The van der Waals surface area contributed by atoms with Gasteiger partial charge in [0.15, 0.2) is 0 Å². The standard InChI is InChI=1S/C15H12Cl2O/c16-12-6-2-1-5-11(12)14-13(17)8-7-10-4-3-9-18-15(10)14/h1-2,5-8H,3-4,9H2. The molecule has 0 aromatic heterocycles. The van der Waals surface area contributed by atoms with Crippen molar-refractivity contribution in [3.63, 3.8) is 0 Å². The highest BCUT2D eigenvalue weighted by Crippen LogP contribution is 2.43. The van der Waals surface area contributed by atoms with Crippen molar-refractivity contribution in [2.24, 2.45) is 0 Å². The Morgan fingerprint density at radius 1 is 0.944 bits per heavy atom. The highest BCUT2D eigenvalue weighted by molar-refractivity contribution is 6.36. The van der Waals surface area contributed by atoms with Gasteiger partial charge in [0, 0.05) is 16.1 Å².